The molecular formula is C14H18N4O2. The SMILES string of the molecule is CN1C(=O)NC(=O)C12Cc1cc(N)c(CCN)cc1C2. The number of carbonyl (C=O) groups is 2. The van der Waals surface area contributed by atoms with E-state index in [1.165, 1.54) is 4.90 Å². The monoisotopic (exact) mass is 274 g/mol. The molecule has 1 spiro atoms. The van der Waals surface area contributed by atoms with Crippen molar-refractivity contribution in [3.63, 3.8) is 0 Å². The van der Waals surface area contributed by atoms with Crippen molar-refractivity contribution in [3.8, 4) is 0 Å². The van der Waals surface area contributed by atoms with Gasteiger partial charge >= 0.3 is 6.03 Å². The number of amides is 3. The molecule has 1 atom stereocenters. The van der Waals surface area contributed by atoms with Gasteiger partial charge in [0.05, 0.1) is 0 Å². The third kappa shape index (κ3) is 1.61. The summed E-state index contributed by atoms with van der Waals surface area (Å²) in [5, 5.41) is 2.39. The molecule has 5 N–H and O–H groups in total. The fourth-order valence-corrected chi connectivity index (χ4v) is 3.19. The van der Waals surface area contributed by atoms with Crippen molar-refractivity contribution in [2.24, 2.45) is 5.73 Å². The summed E-state index contributed by atoms with van der Waals surface area (Å²) in [6, 6.07) is 3.60. The molecule has 3 amide bonds. The summed E-state index contributed by atoms with van der Waals surface area (Å²) in [4.78, 5) is 25.4. The van der Waals surface area contributed by atoms with Crippen molar-refractivity contribution >= 4 is 17.6 Å². The first-order valence-electron chi connectivity index (χ1n) is 6.67. The number of rotatable bonds is 2. The molecule has 2 aliphatic rings. The van der Waals surface area contributed by atoms with Gasteiger partial charge in [0.25, 0.3) is 5.91 Å². The molecule has 3 rings (SSSR count). The fraction of sp³-hybridized carbons (Fsp3) is 0.429. The van der Waals surface area contributed by atoms with Crippen LogP contribution in [0.3, 0.4) is 0 Å². The maximum Gasteiger partial charge on any atom is 0.324 e. The van der Waals surface area contributed by atoms with E-state index < -0.39 is 5.54 Å². The Hall–Kier alpha value is -2.08. The van der Waals surface area contributed by atoms with Gasteiger partial charge in [-0.05, 0) is 35.7 Å². The molecule has 0 radical (unpaired) electrons. The van der Waals surface area contributed by atoms with E-state index in [2.05, 4.69) is 5.32 Å². The molecule has 6 nitrogen and oxygen atoms in total. The zero-order valence-electron chi connectivity index (χ0n) is 11.4. The molecule has 1 unspecified atom stereocenters. The Kier molecular flexibility index (Phi) is 2.72. The van der Waals surface area contributed by atoms with E-state index in [-0.39, 0.29) is 11.9 Å². The predicted molar refractivity (Wildman–Crippen MR) is 75.1 cm³/mol. The predicted octanol–water partition coefficient (Wildman–Crippen LogP) is -0.211. The van der Waals surface area contributed by atoms with Gasteiger partial charge < -0.3 is 16.4 Å². The number of likely N-dealkylation sites (N-methyl/N-ethyl adjacent to an activating group) is 1. The Morgan fingerprint density at radius 3 is 2.50 bits per heavy atom. The van der Waals surface area contributed by atoms with Crippen LogP contribution in [0.1, 0.15) is 16.7 Å². The van der Waals surface area contributed by atoms with E-state index in [0.29, 0.717) is 31.5 Å². The highest BCUT2D eigenvalue weighted by Gasteiger charge is 2.54. The normalized spacial score (nSPS) is 24.4. The number of nitrogens with one attached hydrogen (secondary N) is 1. The number of nitrogen functional groups attached to an aromatic ring is 1. The topological polar surface area (TPSA) is 101 Å². The Labute approximate surface area is 117 Å². The second kappa shape index (κ2) is 4.21. The van der Waals surface area contributed by atoms with Crippen LogP contribution in [0, 0.1) is 0 Å². The minimum absolute atomic E-state index is 0.222. The number of carbonyl (C=O) groups excluding carboxylic acids is 2. The van der Waals surface area contributed by atoms with E-state index >= 15 is 0 Å². The lowest BCUT2D eigenvalue weighted by Crippen LogP contribution is -2.48. The van der Waals surface area contributed by atoms with Crippen molar-refractivity contribution in [2.45, 2.75) is 24.8 Å². The summed E-state index contributed by atoms with van der Waals surface area (Å²) < 4.78 is 0. The molecule has 1 aliphatic carbocycles. The molecule has 1 aromatic rings. The lowest BCUT2D eigenvalue weighted by Gasteiger charge is -2.27. The van der Waals surface area contributed by atoms with Crippen LogP contribution in [0.25, 0.3) is 0 Å². The van der Waals surface area contributed by atoms with Crippen LogP contribution in [-0.2, 0) is 24.1 Å². The number of anilines is 1. The third-order valence-electron chi connectivity index (χ3n) is 4.43. The second-order valence-electron chi connectivity index (χ2n) is 5.56. The number of hydrogen-bond acceptors (Lipinski definition) is 4. The minimum atomic E-state index is -0.785. The molecule has 1 saturated heterocycles. The summed E-state index contributed by atoms with van der Waals surface area (Å²) in [6.45, 7) is 0.535. The highest BCUT2D eigenvalue weighted by Crippen LogP contribution is 2.38. The molecule has 1 aromatic carbocycles. The number of nitrogens with two attached hydrogens (primary N) is 2. The highest BCUT2D eigenvalue weighted by atomic mass is 16.2. The quantitative estimate of drug-likeness (QED) is 0.513. The summed E-state index contributed by atoms with van der Waals surface area (Å²) in [7, 11) is 1.66. The third-order valence-corrected chi connectivity index (χ3v) is 4.43. The molecule has 6 heteroatoms. The number of hydrogen-bond donors (Lipinski definition) is 3. The fourth-order valence-electron chi connectivity index (χ4n) is 3.19. The number of urea groups is 1. The molecule has 0 saturated carbocycles. The van der Waals surface area contributed by atoms with Gasteiger partial charge in [0.1, 0.15) is 5.54 Å². The zero-order valence-corrected chi connectivity index (χ0v) is 11.4. The van der Waals surface area contributed by atoms with E-state index in [0.717, 1.165) is 16.7 Å². The smallest absolute Gasteiger partial charge is 0.324 e. The summed E-state index contributed by atoms with van der Waals surface area (Å²) in [5.74, 6) is -0.222. The Balaban J connectivity index is 2.00. The lowest BCUT2D eigenvalue weighted by molar-refractivity contribution is -0.125. The van der Waals surface area contributed by atoms with Gasteiger partial charge in [-0.2, -0.15) is 0 Å². The van der Waals surface area contributed by atoms with Gasteiger partial charge in [-0.3, -0.25) is 10.1 Å². The second-order valence-corrected chi connectivity index (χ2v) is 5.56. The first kappa shape index (κ1) is 12.9. The minimum Gasteiger partial charge on any atom is -0.398 e. The van der Waals surface area contributed by atoms with Crippen molar-refractivity contribution in [3.05, 3.63) is 28.8 Å². The van der Waals surface area contributed by atoms with Crippen molar-refractivity contribution in [1.82, 2.24) is 10.2 Å². The maximum absolute atomic E-state index is 12.2. The molecular weight excluding hydrogens is 256 g/mol. The van der Waals surface area contributed by atoms with Crippen molar-refractivity contribution < 1.29 is 9.59 Å². The average Bonchev–Trinajstić information content (AvgIpc) is 2.86. The Morgan fingerprint density at radius 2 is 1.95 bits per heavy atom. The van der Waals surface area contributed by atoms with Crippen LogP contribution in [0.4, 0.5) is 10.5 Å². The Bertz CT molecular complexity index is 613. The van der Waals surface area contributed by atoms with E-state index in [9.17, 15) is 9.59 Å². The first-order valence-corrected chi connectivity index (χ1v) is 6.67. The van der Waals surface area contributed by atoms with E-state index in [1.54, 1.807) is 7.05 Å². The molecule has 0 bridgehead atoms. The summed E-state index contributed by atoms with van der Waals surface area (Å²) >= 11 is 0. The van der Waals surface area contributed by atoms with Gasteiger partial charge in [0.15, 0.2) is 0 Å². The van der Waals surface area contributed by atoms with E-state index in [1.807, 2.05) is 12.1 Å². The molecule has 1 fully saturated rings. The van der Waals surface area contributed by atoms with Crippen LogP contribution in [-0.4, -0.2) is 36.0 Å². The molecule has 1 heterocycles. The zero-order chi connectivity index (χ0) is 14.5. The number of benzene rings is 1. The lowest BCUT2D eigenvalue weighted by atomic mass is 9.95. The van der Waals surface area contributed by atoms with E-state index in [4.69, 9.17) is 11.5 Å². The van der Waals surface area contributed by atoms with Gasteiger partial charge in [0.2, 0.25) is 0 Å². The Morgan fingerprint density at radius 1 is 1.30 bits per heavy atom. The summed E-state index contributed by atoms with van der Waals surface area (Å²) in [6.07, 6.45) is 1.77. The van der Waals surface area contributed by atoms with Crippen molar-refractivity contribution in [1.29, 1.82) is 0 Å². The highest BCUT2D eigenvalue weighted by molar-refractivity contribution is 6.07. The number of fused-ring (bicyclic) bond motifs is 1. The molecule has 1 aliphatic heterocycles. The molecule has 0 aromatic heterocycles. The van der Waals surface area contributed by atoms with Crippen LogP contribution in [0.5, 0.6) is 0 Å². The van der Waals surface area contributed by atoms with Crippen molar-refractivity contribution in [2.75, 3.05) is 19.3 Å². The van der Waals surface area contributed by atoms with Gasteiger partial charge in [-0.25, -0.2) is 4.79 Å². The van der Waals surface area contributed by atoms with Crippen LogP contribution in [0.15, 0.2) is 12.1 Å². The molecule has 106 valence electrons. The summed E-state index contributed by atoms with van der Waals surface area (Å²) in [5.41, 5.74) is 14.7. The first-order chi connectivity index (χ1) is 9.48. The van der Waals surface area contributed by atoms with Crippen LogP contribution >= 0.6 is 0 Å². The van der Waals surface area contributed by atoms with Crippen LogP contribution < -0.4 is 16.8 Å². The standard InChI is InChI=1S/C14H18N4O2/c1-18-13(20)17-12(19)14(18)6-9-4-8(2-3-15)11(16)5-10(9)7-14/h4-5H,2-3,6-7,15-16H2,1H3,(H,17,19,20). The maximum atomic E-state index is 12.2. The van der Waals surface area contributed by atoms with Gasteiger partial charge in [0, 0.05) is 25.6 Å². The van der Waals surface area contributed by atoms with Gasteiger partial charge in [-0.15, -0.1) is 0 Å². The van der Waals surface area contributed by atoms with Crippen LogP contribution in [0.2, 0.25) is 0 Å². The molecule has 20 heavy (non-hydrogen) atoms. The van der Waals surface area contributed by atoms with Gasteiger partial charge in [-0.1, -0.05) is 6.07 Å². The number of imide groups is 1. The average molecular weight is 274 g/mol. The largest absolute Gasteiger partial charge is 0.398 e. The number of nitrogens with zero attached hydrogens (tertiary/aromatic N) is 1.